The first-order valence-electron chi connectivity index (χ1n) is 8.38. The maximum absolute atomic E-state index is 13.2. The molecule has 0 fully saturated rings. The Labute approximate surface area is 169 Å². The van der Waals surface area contributed by atoms with E-state index in [0.29, 0.717) is 12.1 Å². The Morgan fingerprint density at radius 1 is 1.10 bits per heavy atom. The molecule has 0 saturated heterocycles. The highest BCUT2D eigenvalue weighted by Gasteiger charge is 2.35. The minimum Gasteiger partial charge on any atom is -0.465 e. The molecule has 0 heterocycles. The molecule has 0 aliphatic heterocycles. The number of carbonyl (C=O) groups excluding carboxylic acids is 2. The molecular formula is C18H16F4N2O5S. The van der Waals surface area contributed by atoms with Crippen LogP contribution in [0.2, 0.25) is 0 Å². The van der Waals surface area contributed by atoms with Crippen LogP contribution in [-0.2, 0) is 25.7 Å². The fraction of sp³-hybridized carbons (Fsp3) is 0.222. The van der Waals surface area contributed by atoms with E-state index in [1.54, 1.807) is 11.6 Å². The van der Waals surface area contributed by atoms with Gasteiger partial charge >= 0.3 is 12.1 Å². The number of sulfonamides is 1. The Morgan fingerprint density at radius 2 is 1.77 bits per heavy atom. The summed E-state index contributed by atoms with van der Waals surface area (Å²) in [7, 11) is -4.68. The Morgan fingerprint density at radius 3 is 2.40 bits per heavy atom. The van der Waals surface area contributed by atoms with E-state index in [1.165, 1.54) is 12.1 Å². The summed E-state index contributed by atoms with van der Waals surface area (Å²) in [5.41, 5.74) is -2.86. The molecule has 0 aliphatic rings. The smallest absolute Gasteiger partial charge is 0.418 e. The van der Waals surface area contributed by atoms with Gasteiger partial charge < -0.3 is 10.1 Å². The third kappa shape index (κ3) is 5.69. The van der Waals surface area contributed by atoms with Gasteiger partial charge in [0, 0.05) is 0 Å². The van der Waals surface area contributed by atoms with Gasteiger partial charge in [0.05, 0.1) is 23.4 Å². The third-order valence-corrected chi connectivity index (χ3v) is 5.07. The van der Waals surface area contributed by atoms with Crippen LogP contribution in [0.3, 0.4) is 0 Å². The van der Waals surface area contributed by atoms with Crippen LogP contribution in [0.25, 0.3) is 0 Å². The third-order valence-electron chi connectivity index (χ3n) is 3.65. The predicted octanol–water partition coefficient (Wildman–Crippen LogP) is 2.94. The standard InChI is InChI=1S/C18H16F4N2O5S/c1-2-29-16(25)10-23-17(26)12-5-3-4-6-15(12)30(27,28)24-14-8-7-11(19)9-13(14)18(20,21)22/h3-9,24H,2,10H2,1H3,(H,23,26). The number of alkyl halides is 3. The van der Waals surface area contributed by atoms with Crippen LogP contribution in [0.4, 0.5) is 23.2 Å². The van der Waals surface area contributed by atoms with Gasteiger partial charge in [-0.1, -0.05) is 12.1 Å². The molecule has 2 aromatic carbocycles. The van der Waals surface area contributed by atoms with Gasteiger partial charge in [0.1, 0.15) is 17.3 Å². The van der Waals surface area contributed by atoms with Crippen molar-refractivity contribution in [3.63, 3.8) is 0 Å². The molecule has 2 N–H and O–H groups in total. The predicted molar refractivity (Wildman–Crippen MR) is 97.6 cm³/mol. The van der Waals surface area contributed by atoms with Crippen molar-refractivity contribution in [2.45, 2.75) is 18.0 Å². The van der Waals surface area contributed by atoms with Crippen molar-refractivity contribution >= 4 is 27.6 Å². The molecule has 2 aromatic rings. The van der Waals surface area contributed by atoms with E-state index in [4.69, 9.17) is 0 Å². The highest BCUT2D eigenvalue weighted by Crippen LogP contribution is 2.36. The number of nitrogens with one attached hydrogen (secondary N) is 2. The molecule has 0 radical (unpaired) electrons. The van der Waals surface area contributed by atoms with Crippen molar-refractivity contribution in [1.29, 1.82) is 0 Å². The maximum Gasteiger partial charge on any atom is 0.418 e. The van der Waals surface area contributed by atoms with E-state index in [2.05, 4.69) is 10.1 Å². The number of amides is 1. The van der Waals surface area contributed by atoms with Crippen LogP contribution >= 0.6 is 0 Å². The number of hydrogen-bond donors (Lipinski definition) is 2. The number of hydrogen-bond acceptors (Lipinski definition) is 5. The van der Waals surface area contributed by atoms with Crippen LogP contribution in [0, 0.1) is 5.82 Å². The molecule has 0 aliphatic carbocycles. The Hall–Kier alpha value is -3.15. The first-order valence-corrected chi connectivity index (χ1v) is 9.86. The van der Waals surface area contributed by atoms with E-state index in [0.717, 1.165) is 12.1 Å². The average Bonchev–Trinajstić information content (AvgIpc) is 2.67. The maximum atomic E-state index is 13.2. The lowest BCUT2D eigenvalue weighted by Crippen LogP contribution is -2.32. The van der Waals surface area contributed by atoms with Crippen LogP contribution in [0.5, 0.6) is 0 Å². The molecule has 30 heavy (non-hydrogen) atoms. The highest BCUT2D eigenvalue weighted by atomic mass is 32.2. The number of carbonyl (C=O) groups is 2. The van der Waals surface area contributed by atoms with Gasteiger partial charge in [0.25, 0.3) is 15.9 Å². The van der Waals surface area contributed by atoms with Crippen molar-refractivity contribution in [1.82, 2.24) is 5.32 Å². The molecule has 0 aromatic heterocycles. The van der Waals surface area contributed by atoms with E-state index >= 15 is 0 Å². The molecule has 1 amide bonds. The summed E-state index contributed by atoms with van der Waals surface area (Å²) in [6, 6.07) is 6.13. The normalized spacial score (nSPS) is 11.6. The molecule has 7 nitrogen and oxygen atoms in total. The second-order valence-electron chi connectivity index (χ2n) is 5.78. The van der Waals surface area contributed by atoms with Crippen LogP contribution < -0.4 is 10.0 Å². The van der Waals surface area contributed by atoms with Crippen LogP contribution in [0.15, 0.2) is 47.4 Å². The zero-order valence-corrected chi connectivity index (χ0v) is 16.2. The van der Waals surface area contributed by atoms with E-state index in [-0.39, 0.29) is 12.7 Å². The van der Waals surface area contributed by atoms with Gasteiger partial charge in [0.2, 0.25) is 0 Å². The molecule has 0 atom stereocenters. The molecule has 0 unspecified atom stereocenters. The van der Waals surface area contributed by atoms with Gasteiger partial charge in [-0.25, -0.2) is 12.8 Å². The molecule has 0 spiro atoms. The average molecular weight is 448 g/mol. The monoisotopic (exact) mass is 448 g/mol. The van der Waals surface area contributed by atoms with E-state index in [9.17, 15) is 35.6 Å². The quantitative estimate of drug-likeness (QED) is 0.501. The fourth-order valence-electron chi connectivity index (χ4n) is 2.39. The SMILES string of the molecule is CCOC(=O)CNC(=O)c1ccccc1S(=O)(=O)Nc1ccc(F)cc1C(F)(F)F. The minimum atomic E-state index is -5.03. The summed E-state index contributed by atoms with van der Waals surface area (Å²) in [4.78, 5) is 23.0. The second-order valence-corrected chi connectivity index (χ2v) is 7.43. The summed E-state index contributed by atoms with van der Waals surface area (Å²) in [5, 5.41) is 2.17. The lowest BCUT2D eigenvalue weighted by Gasteiger charge is -2.16. The largest absolute Gasteiger partial charge is 0.465 e. The fourth-order valence-corrected chi connectivity index (χ4v) is 3.67. The number of benzene rings is 2. The number of halogens is 4. The summed E-state index contributed by atoms with van der Waals surface area (Å²) in [6.45, 7) is 1.09. The van der Waals surface area contributed by atoms with Crippen molar-refractivity contribution in [3.8, 4) is 0 Å². The Balaban J connectivity index is 2.37. The lowest BCUT2D eigenvalue weighted by molar-refractivity contribution is -0.141. The van der Waals surface area contributed by atoms with E-state index < -0.39 is 62.1 Å². The molecule has 2 rings (SSSR count). The van der Waals surface area contributed by atoms with Gasteiger partial charge in [-0.3, -0.25) is 14.3 Å². The Bertz CT molecular complexity index is 1050. The second kappa shape index (κ2) is 9.11. The van der Waals surface area contributed by atoms with Crippen molar-refractivity contribution in [2.24, 2.45) is 0 Å². The van der Waals surface area contributed by atoms with Gasteiger partial charge in [-0.15, -0.1) is 0 Å². The zero-order chi connectivity index (χ0) is 22.5. The van der Waals surface area contributed by atoms with Crippen molar-refractivity contribution < 1.29 is 40.3 Å². The van der Waals surface area contributed by atoms with Crippen molar-refractivity contribution in [3.05, 3.63) is 59.4 Å². The highest BCUT2D eigenvalue weighted by molar-refractivity contribution is 7.92. The molecule has 0 bridgehead atoms. The van der Waals surface area contributed by atoms with E-state index in [1.807, 2.05) is 0 Å². The molecule has 12 heteroatoms. The zero-order valence-electron chi connectivity index (χ0n) is 15.4. The van der Waals surface area contributed by atoms with Crippen molar-refractivity contribution in [2.75, 3.05) is 17.9 Å². The van der Waals surface area contributed by atoms with Crippen LogP contribution in [-0.4, -0.2) is 33.4 Å². The topological polar surface area (TPSA) is 102 Å². The number of rotatable bonds is 7. The molecule has 162 valence electrons. The first kappa shape index (κ1) is 23.1. The summed E-state index contributed by atoms with van der Waals surface area (Å²) in [5.74, 6) is -2.92. The van der Waals surface area contributed by atoms with Gasteiger partial charge in [-0.2, -0.15) is 13.2 Å². The summed E-state index contributed by atoms with van der Waals surface area (Å²) < 4.78 is 84.4. The molecular weight excluding hydrogens is 432 g/mol. The Kier molecular flexibility index (Phi) is 7.03. The minimum absolute atomic E-state index is 0.0722. The number of ether oxygens (including phenoxy) is 1. The van der Waals surface area contributed by atoms with Gasteiger partial charge in [0.15, 0.2) is 0 Å². The summed E-state index contributed by atoms with van der Waals surface area (Å²) in [6.07, 6.45) is -5.03. The van der Waals surface area contributed by atoms with Crippen LogP contribution in [0.1, 0.15) is 22.8 Å². The number of esters is 1. The molecule has 0 saturated carbocycles. The lowest BCUT2D eigenvalue weighted by atomic mass is 10.2. The number of anilines is 1. The summed E-state index contributed by atoms with van der Waals surface area (Å²) >= 11 is 0. The van der Waals surface area contributed by atoms with Gasteiger partial charge in [-0.05, 0) is 37.3 Å². The first-order chi connectivity index (χ1) is 14.0.